The maximum Gasteiger partial charge on any atom is 0.287 e. The van der Waals surface area contributed by atoms with Gasteiger partial charge in [0, 0.05) is 32.5 Å². The van der Waals surface area contributed by atoms with Crippen LogP contribution in [0.3, 0.4) is 0 Å². The van der Waals surface area contributed by atoms with Gasteiger partial charge in [-0.05, 0) is 18.2 Å². The van der Waals surface area contributed by atoms with Gasteiger partial charge in [0.15, 0.2) is 5.76 Å². The Morgan fingerprint density at radius 1 is 1.22 bits per heavy atom. The number of hydrogen-bond acceptors (Lipinski definition) is 6. The summed E-state index contributed by atoms with van der Waals surface area (Å²) < 4.78 is 20.8. The number of pyridine rings is 1. The van der Waals surface area contributed by atoms with Crippen molar-refractivity contribution in [1.82, 2.24) is 10.3 Å². The quantitative estimate of drug-likeness (QED) is 0.709. The zero-order valence-electron chi connectivity index (χ0n) is 13.2. The second kappa shape index (κ2) is 8.92. The fraction of sp³-hybridized carbons (Fsp3) is 0.375. The molecule has 1 N–H and O–H groups in total. The Kier molecular flexibility index (Phi) is 6.58. The Morgan fingerprint density at radius 2 is 2.09 bits per heavy atom. The normalized spacial score (nSPS) is 10.5. The third kappa shape index (κ3) is 5.08. The largest absolute Gasteiger partial charge is 0.475 e. The van der Waals surface area contributed by atoms with Crippen molar-refractivity contribution in [3.8, 4) is 5.88 Å². The van der Waals surface area contributed by atoms with Gasteiger partial charge >= 0.3 is 0 Å². The first-order chi connectivity index (χ1) is 11.2. The number of rotatable bonds is 9. The number of hydrogen-bond donors (Lipinski definition) is 1. The molecule has 0 spiro atoms. The summed E-state index contributed by atoms with van der Waals surface area (Å²) in [5.74, 6) is 1.01. The van der Waals surface area contributed by atoms with Gasteiger partial charge in [-0.25, -0.2) is 4.98 Å². The van der Waals surface area contributed by atoms with Crippen molar-refractivity contribution < 1.29 is 23.4 Å². The molecule has 2 heterocycles. The van der Waals surface area contributed by atoms with Crippen molar-refractivity contribution in [3.63, 3.8) is 0 Å². The summed E-state index contributed by atoms with van der Waals surface area (Å²) in [6.07, 6.45) is 1.64. The maximum atomic E-state index is 12.1. The molecule has 0 bridgehead atoms. The average molecular weight is 320 g/mol. The minimum Gasteiger partial charge on any atom is -0.475 e. The number of methoxy groups -OCH3 is 2. The van der Waals surface area contributed by atoms with Gasteiger partial charge in [0.2, 0.25) is 5.88 Å². The summed E-state index contributed by atoms with van der Waals surface area (Å²) in [5.41, 5.74) is 0.778. The molecule has 0 saturated heterocycles. The van der Waals surface area contributed by atoms with Gasteiger partial charge in [-0.3, -0.25) is 4.79 Å². The first-order valence-corrected chi connectivity index (χ1v) is 7.16. The van der Waals surface area contributed by atoms with E-state index in [1.165, 1.54) is 0 Å². The van der Waals surface area contributed by atoms with Crippen molar-refractivity contribution in [2.75, 3.05) is 27.4 Å². The topological polar surface area (TPSA) is 82.8 Å². The van der Waals surface area contributed by atoms with Crippen molar-refractivity contribution in [2.24, 2.45) is 0 Å². The maximum absolute atomic E-state index is 12.1. The van der Waals surface area contributed by atoms with Crippen LogP contribution in [0.25, 0.3) is 0 Å². The predicted octanol–water partition coefficient (Wildman–Crippen LogP) is 1.78. The smallest absolute Gasteiger partial charge is 0.287 e. The van der Waals surface area contributed by atoms with Crippen LogP contribution in [0.5, 0.6) is 5.88 Å². The summed E-state index contributed by atoms with van der Waals surface area (Å²) in [6, 6.07) is 6.95. The number of amides is 1. The number of aromatic nitrogens is 1. The molecule has 7 nitrogen and oxygen atoms in total. The van der Waals surface area contributed by atoms with Gasteiger partial charge in [0.25, 0.3) is 5.91 Å². The molecule has 0 saturated carbocycles. The summed E-state index contributed by atoms with van der Waals surface area (Å²) in [6.45, 7) is 1.48. The molecule has 2 rings (SSSR count). The Balaban J connectivity index is 1.92. The lowest BCUT2D eigenvalue weighted by Crippen LogP contribution is -2.23. The lowest BCUT2D eigenvalue weighted by molar-refractivity contribution is 0.0913. The highest BCUT2D eigenvalue weighted by Crippen LogP contribution is 2.15. The predicted molar refractivity (Wildman–Crippen MR) is 82.2 cm³/mol. The number of carbonyl (C=O) groups is 1. The molecule has 0 fully saturated rings. The van der Waals surface area contributed by atoms with Crippen LogP contribution in [0, 0.1) is 0 Å². The van der Waals surface area contributed by atoms with E-state index >= 15 is 0 Å². The van der Waals surface area contributed by atoms with E-state index in [0.29, 0.717) is 31.5 Å². The van der Waals surface area contributed by atoms with Gasteiger partial charge in [0.1, 0.15) is 19.0 Å². The van der Waals surface area contributed by atoms with Crippen LogP contribution in [0.15, 0.2) is 34.9 Å². The van der Waals surface area contributed by atoms with Gasteiger partial charge in [-0.15, -0.1) is 0 Å². The molecule has 0 aliphatic rings. The first-order valence-electron chi connectivity index (χ1n) is 7.16. The molecular weight excluding hydrogens is 300 g/mol. The van der Waals surface area contributed by atoms with Crippen LogP contribution < -0.4 is 10.1 Å². The van der Waals surface area contributed by atoms with Gasteiger partial charge in [-0.2, -0.15) is 0 Å². The molecule has 0 aliphatic heterocycles. The van der Waals surface area contributed by atoms with Gasteiger partial charge in [0.05, 0.1) is 6.61 Å². The number of nitrogens with zero attached hydrogens (tertiary/aromatic N) is 1. The molecule has 2 aromatic heterocycles. The van der Waals surface area contributed by atoms with E-state index < -0.39 is 0 Å². The zero-order valence-corrected chi connectivity index (χ0v) is 13.2. The molecule has 1 amide bonds. The van der Waals surface area contributed by atoms with E-state index in [0.717, 1.165) is 5.56 Å². The van der Waals surface area contributed by atoms with Gasteiger partial charge in [-0.1, -0.05) is 6.07 Å². The van der Waals surface area contributed by atoms with Crippen LogP contribution in [0.2, 0.25) is 0 Å². The van der Waals surface area contributed by atoms with Crippen LogP contribution in [-0.4, -0.2) is 38.3 Å². The van der Waals surface area contributed by atoms with Crippen LogP contribution in [0.4, 0.5) is 0 Å². The Hall–Kier alpha value is -2.38. The second-order valence-electron chi connectivity index (χ2n) is 4.69. The van der Waals surface area contributed by atoms with Crippen molar-refractivity contribution in [3.05, 3.63) is 47.5 Å². The zero-order chi connectivity index (χ0) is 16.5. The third-order valence-electron chi connectivity index (χ3n) is 2.99. The molecule has 0 radical (unpaired) electrons. The molecule has 2 aromatic rings. The van der Waals surface area contributed by atoms with Crippen molar-refractivity contribution >= 4 is 5.91 Å². The molecular formula is C16H20N2O5. The van der Waals surface area contributed by atoms with Crippen molar-refractivity contribution in [1.29, 1.82) is 0 Å². The van der Waals surface area contributed by atoms with E-state index in [-0.39, 0.29) is 18.2 Å². The lowest BCUT2D eigenvalue weighted by atomic mass is 10.2. The van der Waals surface area contributed by atoms with Crippen LogP contribution >= 0.6 is 0 Å². The van der Waals surface area contributed by atoms with E-state index in [4.69, 9.17) is 18.6 Å². The van der Waals surface area contributed by atoms with Gasteiger partial charge < -0.3 is 23.9 Å². The molecule has 0 atom stereocenters. The molecule has 124 valence electrons. The molecule has 0 aliphatic carbocycles. The highest BCUT2D eigenvalue weighted by atomic mass is 16.5. The van der Waals surface area contributed by atoms with E-state index in [1.807, 2.05) is 6.07 Å². The first kappa shape index (κ1) is 17.0. The summed E-state index contributed by atoms with van der Waals surface area (Å²) in [5, 5.41) is 2.78. The lowest BCUT2D eigenvalue weighted by Gasteiger charge is -2.10. The average Bonchev–Trinajstić information content (AvgIpc) is 3.03. The molecule has 23 heavy (non-hydrogen) atoms. The number of carbonyl (C=O) groups excluding carboxylic acids is 1. The Labute approximate surface area is 134 Å². The van der Waals surface area contributed by atoms with Crippen molar-refractivity contribution in [2.45, 2.75) is 13.2 Å². The standard InChI is InChI=1S/C16H20N2O5/c1-20-8-9-22-16-12(4-3-7-17-16)10-18-15(19)14-6-5-13(23-14)11-21-2/h3-7H,8-11H2,1-2H3,(H,18,19). The third-order valence-corrected chi connectivity index (χ3v) is 2.99. The monoisotopic (exact) mass is 320 g/mol. The fourth-order valence-electron chi connectivity index (χ4n) is 1.89. The van der Waals surface area contributed by atoms with E-state index in [2.05, 4.69) is 10.3 Å². The Bertz CT molecular complexity index is 626. The fourth-order valence-corrected chi connectivity index (χ4v) is 1.89. The number of nitrogens with one attached hydrogen (secondary N) is 1. The molecule has 7 heteroatoms. The van der Waals surface area contributed by atoms with Crippen LogP contribution in [0.1, 0.15) is 21.9 Å². The van der Waals surface area contributed by atoms with E-state index in [1.54, 1.807) is 38.6 Å². The number of furan rings is 1. The second-order valence-corrected chi connectivity index (χ2v) is 4.69. The summed E-state index contributed by atoms with van der Waals surface area (Å²) in [4.78, 5) is 16.2. The molecule has 0 unspecified atom stereocenters. The minimum absolute atomic E-state index is 0.239. The summed E-state index contributed by atoms with van der Waals surface area (Å²) >= 11 is 0. The highest BCUT2D eigenvalue weighted by molar-refractivity contribution is 5.91. The van der Waals surface area contributed by atoms with Crippen LogP contribution in [-0.2, 0) is 22.6 Å². The minimum atomic E-state index is -0.306. The van der Waals surface area contributed by atoms with E-state index in [9.17, 15) is 4.79 Å². The Morgan fingerprint density at radius 3 is 2.87 bits per heavy atom. The summed E-state index contributed by atoms with van der Waals surface area (Å²) in [7, 11) is 3.17. The highest BCUT2D eigenvalue weighted by Gasteiger charge is 2.12. The molecule has 0 aromatic carbocycles. The number of ether oxygens (including phenoxy) is 3. The SMILES string of the molecule is COCCOc1ncccc1CNC(=O)c1ccc(COC)o1.